The predicted molar refractivity (Wildman–Crippen MR) is 105 cm³/mol. The van der Waals surface area contributed by atoms with Crippen LogP contribution in [0.3, 0.4) is 0 Å². The van der Waals surface area contributed by atoms with Crippen molar-refractivity contribution >= 4 is 5.96 Å². The molecule has 0 aliphatic rings. The van der Waals surface area contributed by atoms with E-state index in [1.54, 1.807) is 25.4 Å². The molecule has 1 aromatic heterocycles. The van der Waals surface area contributed by atoms with Crippen molar-refractivity contribution in [1.29, 1.82) is 0 Å². The Hall–Kier alpha value is -2.38. The number of likely N-dealkylation sites (N-methyl/N-ethyl adjacent to an activating group) is 1. The average Bonchev–Trinajstić information content (AvgIpc) is 3.16. The van der Waals surface area contributed by atoms with Crippen LogP contribution < -0.4 is 10.6 Å². The second-order valence-electron chi connectivity index (χ2n) is 6.40. The molecule has 7 heteroatoms. The maximum absolute atomic E-state index is 13.5. The number of rotatable bonds is 10. The van der Waals surface area contributed by atoms with Crippen LogP contribution in [0.5, 0.6) is 0 Å². The first-order valence-electron chi connectivity index (χ1n) is 9.06. The second kappa shape index (κ2) is 11.4. The number of hydrogen-bond acceptors (Lipinski definition) is 4. The molecule has 27 heavy (non-hydrogen) atoms. The third kappa shape index (κ3) is 7.40. The monoisotopic (exact) mass is 376 g/mol. The number of hydrogen-bond donors (Lipinski definition) is 2. The van der Waals surface area contributed by atoms with Crippen LogP contribution in [-0.4, -0.2) is 51.7 Å². The summed E-state index contributed by atoms with van der Waals surface area (Å²) in [5.74, 6) is 1.31. The normalized spacial score (nSPS) is 13.0. The Morgan fingerprint density at radius 2 is 2.11 bits per heavy atom. The highest BCUT2D eigenvalue weighted by molar-refractivity contribution is 5.79. The van der Waals surface area contributed by atoms with E-state index >= 15 is 0 Å². The lowest BCUT2D eigenvalue weighted by Crippen LogP contribution is -2.42. The Kier molecular flexibility index (Phi) is 8.80. The van der Waals surface area contributed by atoms with Gasteiger partial charge in [0.25, 0.3) is 0 Å². The van der Waals surface area contributed by atoms with E-state index in [1.165, 1.54) is 6.07 Å². The van der Waals surface area contributed by atoms with Gasteiger partial charge in [-0.2, -0.15) is 0 Å². The maximum Gasteiger partial charge on any atom is 0.191 e. The highest BCUT2D eigenvalue weighted by atomic mass is 19.1. The summed E-state index contributed by atoms with van der Waals surface area (Å²) in [4.78, 5) is 6.29. The van der Waals surface area contributed by atoms with Crippen LogP contribution in [0.15, 0.2) is 52.1 Å². The van der Waals surface area contributed by atoms with Crippen molar-refractivity contribution in [3.05, 3.63) is 59.8 Å². The lowest BCUT2D eigenvalue weighted by atomic mass is 10.1. The second-order valence-corrected chi connectivity index (χ2v) is 6.40. The van der Waals surface area contributed by atoms with E-state index in [4.69, 9.17) is 9.15 Å². The third-order valence-corrected chi connectivity index (χ3v) is 4.13. The van der Waals surface area contributed by atoms with Gasteiger partial charge in [0, 0.05) is 26.7 Å². The molecular weight excluding hydrogens is 347 g/mol. The van der Waals surface area contributed by atoms with Crippen LogP contribution in [0, 0.1) is 5.82 Å². The first-order valence-corrected chi connectivity index (χ1v) is 9.06. The molecule has 0 spiro atoms. The number of nitrogens with one attached hydrogen (secondary N) is 2. The number of nitrogens with zero attached hydrogens (tertiary/aromatic N) is 2. The molecule has 0 aliphatic heterocycles. The van der Waals surface area contributed by atoms with E-state index in [1.807, 2.05) is 32.3 Å². The maximum atomic E-state index is 13.5. The molecule has 1 heterocycles. The van der Waals surface area contributed by atoms with Crippen molar-refractivity contribution < 1.29 is 13.5 Å². The third-order valence-electron chi connectivity index (χ3n) is 4.13. The van der Waals surface area contributed by atoms with E-state index in [0.29, 0.717) is 25.7 Å². The zero-order valence-electron chi connectivity index (χ0n) is 16.2. The smallest absolute Gasteiger partial charge is 0.191 e. The lowest BCUT2D eigenvalue weighted by Gasteiger charge is -2.26. The summed E-state index contributed by atoms with van der Waals surface area (Å²) in [7, 11) is 5.68. The van der Waals surface area contributed by atoms with Gasteiger partial charge in [0.1, 0.15) is 18.2 Å². The number of aliphatic imine (C=N–C) groups is 1. The first-order chi connectivity index (χ1) is 13.1. The molecule has 2 N–H and O–H groups in total. The Morgan fingerprint density at radius 1 is 1.26 bits per heavy atom. The standard InChI is InChI=1S/C20H29FN4O2/c1-22-20(23-10-6-11-26-15-18-9-5-12-27-18)24-14-19(25(2)3)16-7-4-8-17(21)13-16/h4-5,7-9,12-13,19H,6,10-11,14-15H2,1-3H3,(H2,22,23,24). The minimum atomic E-state index is -0.226. The zero-order chi connectivity index (χ0) is 19.5. The minimum absolute atomic E-state index is 0.0379. The molecule has 2 rings (SSSR count). The number of ether oxygens (including phenoxy) is 1. The van der Waals surface area contributed by atoms with Gasteiger partial charge in [-0.1, -0.05) is 12.1 Å². The van der Waals surface area contributed by atoms with Crippen LogP contribution in [0.2, 0.25) is 0 Å². The molecule has 0 bridgehead atoms. The van der Waals surface area contributed by atoms with Crippen molar-refractivity contribution in [3.63, 3.8) is 0 Å². The fraction of sp³-hybridized carbons (Fsp3) is 0.450. The van der Waals surface area contributed by atoms with Gasteiger partial charge in [-0.15, -0.1) is 0 Å². The number of benzene rings is 1. The number of halogens is 1. The summed E-state index contributed by atoms with van der Waals surface area (Å²) in [6, 6.07) is 10.5. The fourth-order valence-corrected chi connectivity index (χ4v) is 2.67. The molecule has 0 radical (unpaired) electrons. The minimum Gasteiger partial charge on any atom is -0.467 e. The highest BCUT2D eigenvalue weighted by Gasteiger charge is 2.15. The van der Waals surface area contributed by atoms with E-state index in [2.05, 4.69) is 20.5 Å². The van der Waals surface area contributed by atoms with Gasteiger partial charge in [-0.3, -0.25) is 4.99 Å². The molecule has 6 nitrogen and oxygen atoms in total. The topological polar surface area (TPSA) is 62.0 Å². The van der Waals surface area contributed by atoms with Gasteiger partial charge in [0.15, 0.2) is 5.96 Å². The molecule has 0 saturated carbocycles. The van der Waals surface area contributed by atoms with Gasteiger partial charge in [-0.05, 0) is 50.3 Å². The largest absolute Gasteiger partial charge is 0.467 e. The molecule has 0 saturated heterocycles. The molecule has 2 aromatic rings. The van der Waals surface area contributed by atoms with Crippen molar-refractivity contribution in [2.24, 2.45) is 4.99 Å². The first kappa shape index (κ1) is 20.9. The Labute approximate surface area is 160 Å². The number of furan rings is 1. The van der Waals surface area contributed by atoms with Gasteiger partial charge in [-0.25, -0.2) is 4.39 Å². The quantitative estimate of drug-likeness (QED) is 0.379. The Bertz CT molecular complexity index is 689. The van der Waals surface area contributed by atoms with Crippen molar-refractivity contribution in [2.75, 3.05) is 40.8 Å². The molecule has 0 fully saturated rings. The van der Waals surface area contributed by atoms with Crippen LogP contribution in [0.1, 0.15) is 23.8 Å². The van der Waals surface area contributed by atoms with E-state index in [9.17, 15) is 4.39 Å². The average molecular weight is 376 g/mol. The zero-order valence-corrected chi connectivity index (χ0v) is 16.2. The molecular formula is C20H29FN4O2. The molecule has 0 amide bonds. The fourth-order valence-electron chi connectivity index (χ4n) is 2.67. The van der Waals surface area contributed by atoms with Crippen molar-refractivity contribution in [3.8, 4) is 0 Å². The van der Waals surface area contributed by atoms with Crippen LogP contribution in [-0.2, 0) is 11.3 Å². The Balaban J connectivity index is 1.70. The van der Waals surface area contributed by atoms with Gasteiger partial charge < -0.3 is 24.7 Å². The van der Waals surface area contributed by atoms with Crippen LogP contribution in [0.4, 0.5) is 4.39 Å². The van der Waals surface area contributed by atoms with E-state index < -0.39 is 0 Å². The van der Waals surface area contributed by atoms with Gasteiger partial charge >= 0.3 is 0 Å². The predicted octanol–water partition coefficient (Wildman–Crippen LogP) is 2.79. The molecule has 1 atom stereocenters. The van der Waals surface area contributed by atoms with Gasteiger partial charge in [0.2, 0.25) is 0 Å². The molecule has 1 aromatic carbocycles. The molecule has 148 valence electrons. The summed E-state index contributed by atoms with van der Waals surface area (Å²) >= 11 is 0. The van der Waals surface area contributed by atoms with Crippen molar-refractivity contribution in [1.82, 2.24) is 15.5 Å². The van der Waals surface area contributed by atoms with Crippen LogP contribution in [0.25, 0.3) is 0 Å². The van der Waals surface area contributed by atoms with E-state index in [0.717, 1.165) is 24.3 Å². The summed E-state index contributed by atoms with van der Waals surface area (Å²) in [5.41, 5.74) is 0.925. The molecule has 0 aliphatic carbocycles. The van der Waals surface area contributed by atoms with Crippen molar-refractivity contribution in [2.45, 2.75) is 19.1 Å². The molecule has 1 unspecified atom stereocenters. The summed E-state index contributed by atoms with van der Waals surface area (Å²) in [6.07, 6.45) is 2.49. The van der Waals surface area contributed by atoms with E-state index in [-0.39, 0.29) is 11.9 Å². The summed E-state index contributed by atoms with van der Waals surface area (Å²) < 4.78 is 24.3. The summed E-state index contributed by atoms with van der Waals surface area (Å²) in [5, 5.41) is 6.56. The SMILES string of the molecule is CN=C(NCCCOCc1ccco1)NCC(c1cccc(F)c1)N(C)C. The lowest BCUT2D eigenvalue weighted by molar-refractivity contribution is 0.105. The number of guanidine groups is 1. The highest BCUT2D eigenvalue weighted by Crippen LogP contribution is 2.18. The van der Waals surface area contributed by atoms with Gasteiger partial charge in [0.05, 0.1) is 12.3 Å². The Morgan fingerprint density at radius 3 is 2.78 bits per heavy atom. The van der Waals surface area contributed by atoms with Crippen LogP contribution >= 0.6 is 0 Å². The summed E-state index contributed by atoms with van der Waals surface area (Å²) in [6.45, 7) is 2.47.